The van der Waals surface area contributed by atoms with Crippen LogP contribution in [0.2, 0.25) is 0 Å². The monoisotopic (exact) mass is 292 g/mol. The topological polar surface area (TPSA) is 50.4 Å². The second-order valence-corrected chi connectivity index (χ2v) is 4.35. The average molecular weight is 292 g/mol. The number of urea groups is 1. The molecule has 0 saturated heterocycles. The molecule has 0 radical (unpaired) electrons. The third-order valence-electron chi connectivity index (χ3n) is 2.61. The van der Waals surface area contributed by atoms with Crippen LogP contribution >= 0.6 is 0 Å². The number of carbonyl (C=O) groups excluding carboxylic acids is 1. The van der Waals surface area contributed by atoms with Crippen molar-refractivity contribution in [1.82, 2.24) is 0 Å². The molecule has 21 heavy (non-hydrogen) atoms. The molecule has 0 bridgehead atoms. The Kier molecular flexibility index (Phi) is 4.71. The van der Waals surface area contributed by atoms with Gasteiger partial charge in [0.2, 0.25) is 0 Å². The molecule has 2 amide bonds. The van der Waals surface area contributed by atoms with E-state index in [9.17, 15) is 13.6 Å². The fraction of sp³-hybridized carbons (Fsp3) is 0.133. The van der Waals surface area contributed by atoms with Gasteiger partial charge in [0.05, 0.1) is 0 Å². The third-order valence-corrected chi connectivity index (χ3v) is 2.61. The van der Waals surface area contributed by atoms with Crippen molar-refractivity contribution in [2.75, 3.05) is 10.6 Å². The van der Waals surface area contributed by atoms with Gasteiger partial charge in [0, 0.05) is 11.4 Å². The van der Waals surface area contributed by atoms with E-state index in [1.807, 2.05) is 25.1 Å². The van der Waals surface area contributed by atoms with Gasteiger partial charge in [0.15, 0.2) is 0 Å². The van der Waals surface area contributed by atoms with Crippen LogP contribution in [-0.2, 0) is 0 Å². The van der Waals surface area contributed by atoms with Gasteiger partial charge in [-0.15, -0.1) is 0 Å². The second kappa shape index (κ2) is 6.69. The molecule has 2 aromatic rings. The molecule has 110 valence electrons. The lowest BCUT2D eigenvalue weighted by Gasteiger charge is -2.09. The normalized spacial score (nSPS) is 10.3. The van der Waals surface area contributed by atoms with Crippen LogP contribution in [-0.4, -0.2) is 12.6 Å². The number of ether oxygens (including phenoxy) is 1. The summed E-state index contributed by atoms with van der Waals surface area (Å²) in [6, 6.07) is 12.6. The molecule has 0 aliphatic heterocycles. The predicted molar refractivity (Wildman–Crippen MR) is 76.9 cm³/mol. The highest BCUT2D eigenvalue weighted by Gasteiger charge is 2.05. The molecular weight excluding hydrogens is 278 g/mol. The second-order valence-electron chi connectivity index (χ2n) is 4.35. The first-order chi connectivity index (χ1) is 10.0. The molecule has 2 rings (SSSR count). The van der Waals surface area contributed by atoms with Gasteiger partial charge in [-0.05, 0) is 48.9 Å². The van der Waals surface area contributed by atoms with Crippen molar-refractivity contribution in [3.8, 4) is 5.75 Å². The lowest BCUT2D eigenvalue weighted by atomic mass is 10.2. The summed E-state index contributed by atoms with van der Waals surface area (Å²) in [5.74, 6) is 0.0367. The Hall–Kier alpha value is -2.63. The van der Waals surface area contributed by atoms with Gasteiger partial charge in [-0.2, -0.15) is 8.78 Å². The number of alkyl halides is 2. The van der Waals surface area contributed by atoms with Crippen molar-refractivity contribution in [3.63, 3.8) is 0 Å². The lowest BCUT2D eigenvalue weighted by Crippen LogP contribution is -2.19. The molecule has 0 heterocycles. The summed E-state index contributed by atoms with van der Waals surface area (Å²) in [6.07, 6.45) is 0. The Morgan fingerprint density at radius 2 is 1.71 bits per heavy atom. The van der Waals surface area contributed by atoms with E-state index in [0.29, 0.717) is 11.4 Å². The summed E-state index contributed by atoms with van der Waals surface area (Å²) in [4.78, 5) is 11.8. The average Bonchev–Trinajstić information content (AvgIpc) is 2.40. The number of hydrogen-bond donors (Lipinski definition) is 2. The zero-order valence-corrected chi connectivity index (χ0v) is 11.3. The molecule has 0 atom stereocenters. The third kappa shape index (κ3) is 4.76. The Bertz CT molecular complexity index is 615. The summed E-state index contributed by atoms with van der Waals surface area (Å²) in [5, 5.41) is 5.27. The summed E-state index contributed by atoms with van der Waals surface area (Å²) >= 11 is 0. The van der Waals surface area contributed by atoms with Gasteiger partial charge in [-0.3, -0.25) is 0 Å². The summed E-state index contributed by atoms with van der Waals surface area (Å²) in [7, 11) is 0. The Morgan fingerprint density at radius 1 is 1.05 bits per heavy atom. The fourth-order valence-electron chi connectivity index (χ4n) is 1.74. The Labute approximate surface area is 120 Å². The fourth-order valence-corrected chi connectivity index (χ4v) is 1.74. The molecule has 0 saturated carbocycles. The number of benzene rings is 2. The van der Waals surface area contributed by atoms with Gasteiger partial charge in [0.25, 0.3) is 0 Å². The van der Waals surface area contributed by atoms with Crippen LogP contribution in [0.25, 0.3) is 0 Å². The zero-order chi connectivity index (χ0) is 15.2. The minimum atomic E-state index is -2.87. The minimum absolute atomic E-state index is 0.0367. The molecule has 0 spiro atoms. The molecule has 0 aromatic heterocycles. The highest BCUT2D eigenvalue weighted by atomic mass is 19.3. The zero-order valence-electron chi connectivity index (χ0n) is 11.3. The molecular formula is C15H14F2N2O2. The van der Waals surface area contributed by atoms with E-state index in [0.717, 1.165) is 5.56 Å². The van der Waals surface area contributed by atoms with Crippen LogP contribution in [0.5, 0.6) is 5.75 Å². The van der Waals surface area contributed by atoms with E-state index in [-0.39, 0.29) is 5.75 Å². The van der Waals surface area contributed by atoms with E-state index >= 15 is 0 Å². The number of hydrogen-bond acceptors (Lipinski definition) is 2. The maximum absolute atomic E-state index is 12.0. The van der Waals surface area contributed by atoms with Crippen molar-refractivity contribution < 1.29 is 18.3 Å². The quantitative estimate of drug-likeness (QED) is 0.885. The molecule has 4 nitrogen and oxygen atoms in total. The maximum atomic E-state index is 12.0. The van der Waals surface area contributed by atoms with Crippen molar-refractivity contribution in [2.45, 2.75) is 13.5 Å². The predicted octanol–water partition coefficient (Wildman–Crippen LogP) is 4.24. The Balaban J connectivity index is 1.93. The molecule has 6 heteroatoms. The first kappa shape index (κ1) is 14.8. The molecule has 2 N–H and O–H groups in total. The van der Waals surface area contributed by atoms with Gasteiger partial charge >= 0.3 is 12.6 Å². The number of amides is 2. The number of anilines is 2. The van der Waals surface area contributed by atoms with Crippen LogP contribution in [0.3, 0.4) is 0 Å². The van der Waals surface area contributed by atoms with Gasteiger partial charge in [-0.25, -0.2) is 4.79 Å². The van der Waals surface area contributed by atoms with Crippen LogP contribution in [0.15, 0.2) is 48.5 Å². The Morgan fingerprint density at radius 3 is 2.33 bits per heavy atom. The van der Waals surface area contributed by atoms with E-state index in [2.05, 4.69) is 15.4 Å². The van der Waals surface area contributed by atoms with Crippen molar-refractivity contribution >= 4 is 17.4 Å². The summed E-state index contributed by atoms with van der Waals surface area (Å²) < 4.78 is 28.2. The summed E-state index contributed by atoms with van der Waals surface area (Å²) in [5.41, 5.74) is 2.17. The number of carbonyl (C=O) groups is 1. The number of nitrogens with one attached hydrogen (secondary N) is 2. The molecule has 0 unspecified atom stereocenters. The minimum Gasteiger partial charge on any atom is -0.435 e. The van der Waals surface area contributed by atoms with E-state index < -0.39 is 12.6 Å². The van der Waals surface area contributed by atoms with Crippen LogP contribution in [0, 0.1) is 6.92 Å². The van der Waals surface area contributed by atoms with E-state index in [1.54, 1.807) is 6.07 Å². The van der Waals surface area contributed by atoms with Gasteiger partial charge in [-0.1, -0.05) is 12.1 Å². The molecule has 0 aliphatic rings. The first-order valence-electron chi connectivity index (χ1n) is 6.22. The number of aryl methyl sites for hydroxylation is 1. The standard InChI is InChI=1S/C15H14F2N2O2/c1-10-3-2-4-12(9-10)19-15(20)18-11-5-7-13(8-6-11)21-14(16)17/h2-9,14H,1H3,(H2,18,19,20). The van der Waals surface area contributed by atoms with Crippen molar-refractivity contribution in [1.29, 1.82) is 0 Å². The van der Waals surface area contributed by atoms with Crippen LogP contribution in [0.1, 0.15) is 5.56 Å². The van der Waals surface area contributed by atoms with Crippen molar-refractivity contribution in [3.05, 3.63) is 54.1 Å². The largest absolute Gasteiger partial charge is 0.435 e. The molecule has 0 fully saturated rings. The van der Waals surface area contributed by atoms with E-state index in [1.165, 1.54) is 24.3 Å². The van der Waals surface area contributed by atoms with Gasteiger partial charge in [0.1, 0.15) is 5.75 Å². The first-order valence-corrected chi connectivity index (χ1v) is 6.22. The van der Waals surface area contributed by atoms with Gasteiger partial charge < -0.3 is 15.4 Å². The summed E-state index contributed by atoms with van der Waals surface area (Å²) in [6.45, 7) is -0.946. The SMILES string of the molecule is Cc1cccc(NC(=O)Nc2ccc(OC(F)F)cc2)c1. The smallest absolute Gasteiger partial charge is 0.387 e. The number of rotatable bonds is 4. The lowest BCUT2D eigenvalue weighted by molar-refractivity contribution is -0.0498. The highest BCUT2D eigenvalue weighted by Crippen LogP contribution is 2.18. The highest BCUT2D eigenvalue weighted by molar-refractivity contribution is 5.99. The van der Waals surface area contributed by atoms with Crippen LogP contribution in [0.4, 0.5) is 25.0 Å². The van der Waals surface area contributed by atoms with Crippen molar-refractivity contribution in [2.24, 2.45) is 0 Å². The van der Waals surface area contributed by atoms with Crippen LogP contribution < -0.4 is 15.4 Å². The molecule has 2 aromatic carbocycles. The van der Waals surface area contributed by atoms with E-state index in [4.69, 9.17) is 0 Å². The molecule has 0 aliphatic carbocycles. The number of halogens is 2. The maximum Gasteiger partial charge on any atom is 0.387 e.